The van der Waals surface area contributed by atoms with Crippen LogP contribution in [0.3, 0.4) is 0 Å². The highest BCUT2D eigenvalue weighted by Gasteiger charge is 2.51. The number of urea groups is 1. The minimum atomic E-state index is -0.181. The van der Waals surface area contributed by atoms with Gasteiger partial charge in [-0.3, -0.25) is 9.69 Å². The Bertz CT molecular complexity index is 1240. The second-order valence-electron chi connectivity index (χ2n) is 10.3. The molecule has 2 aromatic carbocycles. The molecule has 0 radical (unpaired) electrons. The van der Waals surface area contributed by atoms with Gasteiger partial charge in [0.1, 0.15) is 11.5 Å². The van der Waals surface area contributed by atoms with E-state index in [1.807, 2.05) is 60.4 Å². The molecule has 0 bridgehead atoms. The number of piperidine rings is 1. The van der Waals surface area contributed by atoms with Crippen LogP contribution in [0.4, 0.5) is 10.5 Å². The molecular formula is C28H33N5O3S. The van der Waals surface area contributed by atoms with E-state index in [0.717, 1.165) is 54.4 Å². The average molecular weight is 520 g/mol. The molecule has 3 N–H and O–H groups in total. The van der Waals surface area contributed by atoms with E-state index in [1.165, 1.54) is 6.42 Å². The van der Waals surface area contributed by atoms with Crippen molar-refractivity contribution in [1.82, 2.24) is 20.9 Å². The third-order valence-electron chi connectivity index (χ3n) is 7.92. The smallest absolute Gasteiger partial charge is 0.326 e. The second kappa shape index (κ2) is 10.0. The van der Waals surface area contributed by atoms with Crippen molar-refractivity contribution < 1.29 is 14.3 Å². The van der Waals surface area contributed by atoms with Gasteiger partial charge < -0.3 is 25.6 Å². The van der Waals surface area contributed by atoms with E-state index in [-0.39, 0.29) is 29.3 Å². The highest BCUT2D eigenvalue weighted by Crippen LogP contribution is 2.48. The van der Waals surface area contributed by atoms with Gasteiger partial charge in [0.25, 0.3) is 5.91 Å². The second-order valence-corrected chi connectivity index (χ2v) is 11.4. The third-order valence-corrected chi connectivity index (χ3v) is 9.28. The lowest BCUT2D eigenvalue weighted by Crippen LogP contribution is -2.62. The van der Waals surface area contributed by atoms with Crippen molar-refractivity contribution in [1.29, 1.82) is 0 Å². The molecule has 3 saturated heterocycles. The number of carbonyl (C=O) groups is 2. The number of nitrogens with one attached hydrogen (secondary N) is 3. The molecule has 3 amide bonds. The van der Waals surface area contributed by atoms with Crippen molar-refractivity contribution in [3.8, 4) is 11.5 Å². The largest absolute Gasteiger partial charge is 0.457 e. The van der Waals surface area contributed by atoms with Gasteiger partial charge >= 0.3 is 6.03 Å². The molecule has 8 nitrogen and oxygen atoms in total. The standard InChI is InChI=1S/C28H33N5O3S/c1-17-15-20(36-19-8-4-3-5-9-19)10-11-21(17)33-22-12-13-29-27-23(22)24(31-28(33)35)25(37-27)26(34)30-16-18-7-6-14-32(18)2/h3-5,8-11,15,18,22-23,27,29H,6-7,12-14,16H2,1-2H3,(H,30,34)(H,31,35)/t18-,22?,23?,27?/m0/s1. The molecule has 0 aromatic heterocycles. The van der Waals surface area contributed by atoms with E-state index >= 15 is 0 Å². The normalized spacial score (nSPS) is 27.2. The van der Waals surface area contributed by atoms with Crippen molar-refractivity contribution in [3.05, 3.63) is 64.7 Å². The number of anilines is 1. The average Bonchev–Trinajstić information content (AvgIpc) is 3.48. The summed E-state index contributed by atoms with van der Waals surface area (Å²) in [5.41, 5.74) is 2.61. The lowest BCUT2D eigenvalue weighted by atomic mass is 9.86. The first-order valence-corrected chi connectivity index (χ1v) is 13.9. The number of rotatable bonds is 6. The van der Waals surface area contributed by atoms with Crippen LogP contribution in [0.15, 0.2) is 59.1 Å². The molecule has 3 fully saturated rings. The van der Waals surface area contributed by atoms with Crippen LogP contribution in [0.1, 0.15) is 24.8 Å². The Morgan fingerprint density at radius 2 is 2.00 bits per heavy atom. The lowest BCUT2D eigenvalue weighted by molar-refractivity contribution is -0.117. The SMILES string of the molecule is Cc1cc(Oc2ccccc2)ccc1N1C(=O)NC2=C(C(=O)NC[C@@H]3CCCN3C)SC3NCCC1C23. The Kier molecular flexibility index (Phi) is 6.60. The molecule has 4 aliphatic rings. The van der Waals surface area contributed by atoms with Crippen molar-refractivity contribution in [2.24, 2.45) is 5.92 Å². The number of nitrogens with zero attached hydrogens (tertiary/aromatic N) is 2. The van der Waals surface area contributed by atoms with E-state index < -0.39 is 0 Å². The molecular weight excluding hydrogens is 486 g/mol. The maximum atomic E-state index is 13.5. The van der Waals surface area contributed by atoms with Crippen LogP contribution in [0.2, 0.25) is 0 Å². The Hall–Kier alpha value is -3.01. The van der Waals surface area contributed by atoms with Gasteiger partial charge in [0.05, 0.1) is 16.3 Å². The molecule has 6 rings (SSSR count). The Balaban J connectivity index is 1.23. The fraction of sp³-hybridized carbons (Fsp3) is 0.429. The van der Waals surface area contributed by atoms with Crippen molar-refractivity contribution >= 4 is 29.4 Å². The minimum Gasteiger partial charge on any atom is -0.457 e. The number of likely N-dealkylation sites (N-methyl/N-ethyl adjacent to an activating group) is 1. The minimum absolute atomic E-state index is 0.0200. The first kappa shape index (κ1) is 24.3. The highest BCUT2D eigenvalue weighted by molar-refractivity contribution is 8.04. The number of para-hydroxylation sites is 1. The molecule has 0 aliphatic carbocycles. The van der Waals surface area contributed by atoms with E-state index in [0.29, 0.717) is 17.5 Å². The zero-order valence-corrected chi connectivity index (χ0v) is 22.0. The van der Waals surface area contributed by atoms with Gasteiger partial charge in [-0.25, -0.2) is 4.79 Å². The number of hydrogen-bond donors (Lipinski definition) is 3. The summed E-state index contributed by atoms with van der Waals surface area (Å²) in [6.45, 7) is 4.51. The van der Waals surface area contributed by atoms with Crippen molar-refractivity contribution in [3.63, 3.8) is 0 Å². The summed E-state index contributed by atoms with van der Waals surface area (Å²) in [4.78, 5) is 31.6. The Morgan fingerprint density at radius 3 is 2.76 bits per heavy atom. The molecule has 9 heteroatoms. The van der Waals surface area contributed by atoms with Crippen LogP contribution in [0.25, 0.3) is 0 Å². The quantitative estimate of drug-likeness (QED) is 0.539. The Morgan fingerprint density at radius 1 is 1.16 bits per heavy atom. The summed E-state index contributed by atoms with van der Waals surface area (Å²) in [5, 5.41) is 9.88. The van der Waals surface area contributed by atoms with E-state index in [4.69, 9.17) is 4.74 Å². The van der Waals surface area contributed by atoms with Gasteiger partial charge in [-0.05, 0) is 82.2 Å². The fourth-order valence-electron chi connectivity index (χ4n) is 6.02. The maximum absolute atomic E-state index is 13.5. The van der Waals surface area contributed by atoms with Crippen LogP contribution >= 0.6 is 11.8 Å². The van der Waals surface area contributed by atoms with Crippen molar-refractivity contribution in [2.75, 3.05) is 31.6 Å². The summed E-state index contributed by atoms with van der Waals surface area (Å²) >= 11 is 1.55. The molecule has 4 heterocycles. The van der Waals surface area contributed by atoms with Crippen LogP contribution in [0.5, 0.6) is 11.5 Å². The number of carbonyl (C=O) groups excluding carboxylic acids is 2. The first-order chi connectivity index (χ1) is 18.0. The number of hydrogen-bond acceptors (Lipinski definition) is 6. The molecule has 2 aromatic rings. The molecule has 3 unspecified atom stereocenters. The summed E-state index contributed by atoms with van der Waals surface area (Å²) < 4.78 is 6.00. The zero-order chi connectivity index (χ0) is 25.5. The maximum Gasteiger partial charge on any atom is 0.326 e. The van der Waals surface area contributed by atoms with Crippen molar-refractivity contribution in [2.45, 2.75) is 43.6 Å². The van der Waals surface area contributed by atoms with E-state index in [1.54, 1.807) is 11.8 Å². The summed E-state index contributed by atoms with van der Waals surface area (Å²) in [5.74, 6) is 1.46. The van der Waals surface area contributed by atoms with Crippen LogP contribution in [-0.2, 0) is 4.79 Å². The van der Waals surface area contributed by atoms with Crippen LogP contribution in [-0.4, -0.2) is 61.0 Å². The monoisotopic (exact) mass is 519 g/mol. The van der Waals surface area contributed by atoms with E-state index in [9.17, 15) is 9.59 Å². The molecule has 0 saturated carbocycles. The van der Waals surface area contributed by atoms with Crippen LogP contribution < -0.4 is 25.6 Å². The predicted octanol–water partition coefficient (Wildman–Crippen LogP) is 3.79. The summed E-state index contributed by atoms with van der Waals surface area (Å²) in [6.07, 6.45) is 3.09. The Labute approximate surface area is 221 Å². The van der Waals surface area contributed by atoms with Gasteiger partial charge in [0, 0.05) is 29.9 Å². The number of likely N-dealkylation sites (tertiary alicyclic amines) is 1. The van der Waals surface area contributed by atoms with Gasteiger partial charge in [-0.1, -0.05) is 30.0 Å². The number of benzene rings is 2. The van der Waals surface area contributed by atoms with Crippen LogP contribution in [0, 0.1) is 12.8 Å². The molecule has 4 aliphatic heterocycles. The molecule has 0 spiro atoms. The molecule has 194 valence electrons. The number of thioether (sulfide) groups is 1. The number of amides is 3. The van der Waals surface area contributed by atoms with E-state index in [2.05, 4.69) is 27.9 Å². The van der Waals surface area contributed by atoms with Gasteiger partial charge in [-0.2, -0.15) is 0 Å². The van der Waals surface area contributed by atoms with Gasteiger partial charge in [-0.15, -0.1) is 0 Å². The molecule has 4 atom stereocenters. The third kappa shape index (κ3) is 4.60. The predicted molar refractivity (Wildman–Crippen MR) is 146 cm³/mol. The van der Waals surface area contributed by atoms with Gasteiger partial charge in [0.2, 0.25) is 0 Å². The zero-order valence-electron chi connectivity index (χ0n) is 21.2. The fourth-order valence-corrected chi connectivity index (χ4v) is 7.43. The first-order valence-electron chi connectivity index (χ1n) is 13.1. The molecule has 37 heavy (non-hydrogen) atoms. The topological polar surface area (TPSA) is 85.9 Å². The number of ether oxygens (including phenoxy) is 1. The number of aryl methyl sites for hydroxylation is 1. The summed E-state index contributed by atoms with van der Waals surface area (Å²) in [6, 6.07) is 15.7. The highest BCUT2D eigenvalue weighted by atomic mass is 32.2. The summed E-state index contributed by atoms with van der Waals surface area (Å²) in [7, 11) is 2.11. The van der Waals surface area contributed by atoms with Gasteiger partial charge in [0.15, 0.2) is 0 Å². The lowest BCUT2D eigenvalue weighted by Gasteiger charge is -2.46.